The summed E-state index contributed by atoms with van der Waals surface area (Å²) in [6.07, 6.45) is 6.12. The molecule has 2 atom stereocenters. The highest BCUT2D eigenvalue weighted by atomic mass is 28.4. The predicted octanol–water partition coefficient (Wildman–Crippen LogP) is 11.0. The molecule has 9 heteroatoms. The Kier molecular flexibility index (Phi) is 52.5. The summed E-state index contributed by atoms with van der Waals surface area (Å²) in [6.45, 7) is 25.3. The van der Waals surface area contributed by atoms with Crippen LogP contribution >= 0.6 is 0 Å². The number of hydrogen-bond acceptors (Lipinski definition) is 5. The predicted molar refractivity (Wildman–Crippen MR) is 209 cm³/mol. The first kappa shape index (κ1) is 58.2. The molecule has 0 heterocycles. The first-order valence-electron chi connectivity index (χ1n) is 15.1. The summed E-state index contributed by atoms with van der Waals surface area (Å²) in [4.78, 5) is 0. The van der Waals surface area contributed by atoms with Crippen LogP contribution < -0.4 is 0 Å². The Labute approximate surface area is 275 Å². The molecule has 0 aliphatic rings. The molecule has 266 valence electrons. The van der Waals surface area contributed by atoms with Crippen LogP contribution in [0.4, 0.5) is 0 Å². The van der Waals surface area contributed by atoms with Crippen LogP contribution in [0.25, 0.3) is 0 Å². The third-order valence-corrected chi connectivity index (χ3v) is 20.5. The number of rotatable bonds is 27. The highest BCUT2D eigenvalue weighted by Crippen LogP contribution is 2.26. The van der Waals surface area contributed by atoms with Crippen molar-refractivity contribution in [3.63, 3.8) is 0 Å². The Morgan fingerprint density at radius 2 is 0.881 bits per heavy atom. The van der Waals surface area contributed by atoms with E-state index in [0.29, 0.717) is 6.61 Å². The van der Waals surface area contributed by atoms with Gasteiger partial charge in [-0.15, -0.1) is 0 Å². The first-order valence-corrected chi connectivity index (χ1v) is 26.9. The van der Waals surface area contributed by atoms with Crippen LogP contribution in [0.15, 0.2) is 0 Å². The van der Waals surface area contributed by atoms with Gasteiger partial charge in [0.2, 0.25) is 0 Å². The van der Waals surface area contributed by atoms with Crippen molar-refractivity contribution in [3.8, 4) is 0 Å². The maximum absolute atomic E-state index is 6.21. The summed E-state index contributed by atoms with van der Waals surface area (Å²) in [5, 5.41) is 0. The van der Waals surface area contributed by atoms with Crippen molar-refractivity contribution in [3.05, 3.63) is 0 Å². The van der Waals surface area contributed by atoms with Crippen LogP contribution in [0.2, 0.25) is 75.5 Å². The number of ether oxygens (including phenoxy) is 4. The van der Waals surface area contributed by atoms with E-state index in [1.807, 2.05) is 0 Å². The molecule has 42 heavy (non-hydrogen) atoms. The zero-order valence-corrected chi connectivity index (χ0v) is 29.9. The monoisotopic (exact) mass is 677 g/mol. The molecule has 2 unspecified atom stereocenters. The average molecular weight is 677 g/mol. The van der Waals surface area contributed by atoms with Crippen LogP contribution in [-0.4, -0.2) is 87.1 Å². The van der Waals surface area contributed by atoms with Crippen LogP contribution in [0.5, 0.6) is 0 Å². The van der Waals surface area contributed by atoms with E-state index in [-0.39, 0.29) is 44.6 Å². The van der Waals surface area contributed by atoms with Gasteiger partial charge < -0.3 is 23.1 Å². The third kappa shape index (κ3) is 38.7. The summed E-state index contributed by atoms with van der Waals surface area (Å²) in [7, 11) is -4.08. The normalized spacial score (nSPS) is 12.8. The highest BCUT2D eigenvalue weighted by Gasteiger charge is 2.25. The molecule has 5 nitrogen and oxygen atoms in total. The van der Waals surface area contributed by atoms with Gasteiger partial charge >= 0.3 is 0 Å². The fraction of sp³-hybridized carbons (Fsp3) is 1.00. The second-order valence-corrected chi connectivity index (χ2v) is 27.5. The molecule has 0 radical (unpaired) electrons. The molecule has 0 aliphatic heterocycles. The molecule has 0 saturated carbocycles. The second-order valence-electron chi connectivity index (χ2n) is 11.9. The SMILES string of the molecule is C.C.C.C.C.C.CCC[SiH](C)CCOCCOCCC[Si](C)(CCC)CCCOCCOCCC[Si](C)(C)O[SiH](C)C. The Balaban J connectivity index is -0.000000408. The van der Waals surface area contributed by atoms with E-state index in [1.54, 1.807) is 0 Å². The van der Waals surface area contributed by atoms with E-state index < -0.39 is 34.2 Å². The van der Waals surface area contributed by atoms with Gasteiger partial charge in [0.25, 0.3) is 0 Å². The fourth-order valence-corrected chi connectivity index (χ4v) is 17.4. The van der Waals surface area contributed by atoms with Crippen molar-refractivity contribution in [2.45, 2.75) is 166 Å². The van der Waals surface area contributed by atoms with Gasteiger partial charge in [0, 0.05) is 35.2 Å². The van der Waals surface area contributed by atoms with Gasteiger partial charge in [0.05, 0.1) is 34.5 Å². The van der Waals surface area contributed by atoms with E-state index in [2.05, 4.69) is 53.1 Å². The molecule has 0 N–H and O–H groups in total. The molecule has 0 bridgehead atoms. The van der Waals surface area contributed by atoms with Crippen molar-refractivity contribution in [2.24, 2.45) is 0 Å². The van der Waals surface area contributed by atoms with Crippen molar-refractivity contribution in [1.82, 2.24) is 0 Å². The smallest absolute Gasteiger partial charge is 0.173 e. The lowest BCUT2D eigenvalue weighted by Gasteiger charge is -2.27. The lowest BCUT2D eigenvalue weighted by Crippen LogP contribution is -2.35. The minimum absolute atomic E-state index is 0. The van der Waals surface area contributed by atoms with Crippen LogP contribution in [0, 0.1) is 0 Å². The number of hydrogen-bond donors (Lipinski definition) is 0. The van der Waals surface area contributed by atoms with E-state index in [0.717, 1.165) is 52.7 Å². The van der Waals surface area contributed by atoms with Crippen molar-refractivity contribution in [1.29, 1.82) is 0 Å². The minimum atomic E-state index is -1.46. The Morgan fingerprint density at radius 3 is 1.26 bits per heavy atom. The van der Waals surface area contributed by atoms with Crippen molar-refractivity contribution >= 4 is 34.2 Å². The zero-order chi connectivity index (χ0) is 27.1. The molecule has 0 rings (SSSR count). The topological polar surface area (TPSA) is 46.2 Å². The van der Waals surface area contributed by atoms with Gasteiger partial charge in [-0.25, -0.2) is 0 Å². The van der Waals surface area contributed by atoms with Crippen LogP contribution in [0.3, 0.4) is 0 Å². The standard InChI is InChI=1S/C27H64O5Si4.6CH4/c1-9-22-34(5)23-21-31-20-19-30-16-13-27-36(8,24-10-2)26-12-15-29-18-17-28-14-11-25-35(6,7)32-33(3)4;;;;;;/h33-34H,9-27H2,1-8H3;6*1H4. The van der Waals surface area contributed by atoms with E-state index in [4.69, 9.17) is 23.1 Å². The van der Waals surface area contributed by atoms with Crippen LogP contribution in [-0.2, 0) is 23.1 Å². The molecular weight excluding hydrogens is 589 g/mol. The average Bonchev–Trinajstić information content (AvgIpc) is 2.78. The van der Waals surface area contributed by atoms with Crippen molar-refractivity contribution in [2.75, 3.05) is 52.9 Å². The molecule has 0 aliphatic carbocycles. The quantitative estimate of drug-likeness (QED) is 0.0640. The summed E-state index contributed by atoms with van der Waals surface area (Å²) < 4.78 is 29.5. The molecule has 0 aromatic rings. The summed E-state index contributed by atoms with van der Waals surface area (Å²) >= 11 is 0. The zero-order valence-electron chi connectivity index (χ0n) is 25.6. The molecule has 0 fully saturated rings. The maximum atomic E-state index is 6.21. The largest absolute Gasteiger partial charge is 0.458 e. The van der Waals surface area contributed by atoms with Gasteiger partial charge in [-0.3, -0.25) is 0 Å². The van der Waals surface area contributed by atoms with Gasteiger partial charge in [0.15, 0.2) is 17.4 Å². The maximum Gasteiger partial charge on any atom is 0.173 e. The van der Waals surface area contributed by atoms with Crippen LogP contribution in [0.1, 0.15) is 90.5 Å². The van der Waals surface area contributed by atoms with Gasteiger partial charge in [0.1, 0.15) is 0 Å². The lowest BCUT2D eigenvalue weighted by atomic mass is 10.5. The fourth-order valence-electron chi connectivity index (χ4n) is 5.04. The summed E-state index contributed by atoms with van der Waals surface area (Å²) in [6, 6.07) is 8.09. The first-order chi connectivity index (χ1) is 17.1. The molecular formula is C33H88O5Si4. The Hall–Kier alpha value is 0.668. The summed E-state index contributed by atoms with van der Waals surface area (Å²) in [5.74, 6) is 0. The molecule has 0 spiro atoms. The molecule has 0 aromatic carbocycles. The molecule has 0 saturated heterocycles. The Morgan fingerprint density at radius 1 is 0.476 bits per heavy atom. The molecule has 0 amide bonds. The third-order valence-electron chi connectivity index (χ3n) is 6.89. The van der Waals surface area contributed by atoms with Gasteiger partial charge in [-0.1, -0.05) is 109 Å². The summed E-state index contributed by atoms with van der Waals surface area (Å²) in [5.41, 5.74) is 0. The Bertz CT molecular complexity index is 487. The second kappa shape index (κ2) is 37.9. The molecule has 0 aromatic heterocycles. The van der Waals surface area contributed by atoms with Gasteiger partial charge in [-0.05, 0) is 57.5 Å². The highest BCUT2D eigenvalue weighted by molar-refractivity contribution is 6.78. The van der Waals surface area contributed by atoms with E-state index in [9.17, 15) is 0 Å². The van der Waals surface area contributed by atoms with E-state index in [1.165, 1.54) is 61.9 Å². The van der Waals surface area contributed by atoms with Crippen molar-refractivity contribution < 1.29 is 23.1 Å². The van der Waals surface area contributed by atoms with Gasteiger partial charge in [-0.2, -0.15) is 0 Å². The van der Waals surface area contributed by atoms with E-state index >= 15 is 0 Å². The lowest BCUT2D eigenvalue weighted by molar-refractivity contribution is 0.0479. The minimum Gasteiger partial charge on any atom is -0.458 e.